The van der Waals surface area contributed by atoms with E-state index in [0.717, 1.165) is 17.7 Å². The second-order valence-electron chi connectivity index (χ2n) is 4.46. The van der Waals surface area contributed by atoms with Gasteiger partial charge in [-0.2, -0.15) is 0 Å². The van der Waals surface area contributed by atoms with Crippen molar-refractivity contribution in [2.24, 2.45) is 0 Å². The van der Waals surface area contributed by atoms with E-state index in [4.69, 9.17) is 4.74 Å². The van der Waals surface area contributed by atoms with Crippen LogP contribution in [-0.4, -0.2) is 24.5 Å². The summed E-state index contributed by atoms with van der Waals surface area (Å²) in [6.07, 6.45) is 1.70. The lowest BCUT2D eigenvalue weighted by atomic mass is 10.2. The number of imide groups is 2. The third kappa shape index (κ3) is 3.14. The number of nitrogens with zero attached hydrogens (tertiary/aromatic N) is 1. The molecular formula is C14H16N2O4. The first-order chi connectivity index (χ1) is 9.61. The van der Waals surface area contributed by atoms with Crippen molar-refractivity contribution in [1.29, 1.82) is 0 Å². The first kappa shape index (κ1) is 14.0. The number of hydrogen-bond acceptors (Lipinski definition) is 4. The predicted molar refractivity (Wildman–Crippen MR) is 72.5 cm³/mol. The Kier molecular flexibility index (Phi) is 4.34. The quantitative estimate of drug-likeness (QED) is 0.657. The van der Waals surface area contributed by atoms with E-state index in [1.807, 2.05) is 0 Å². The minimum absolute atomic E-state index is 0.319. The molecule has 1 N–H and O–H groups in total. The average Bonchev–Trinajstić information content (AvgIpc) is 2.39. The summed E-state index contributed by atoms with van der Waals surface area (Å²) in [5.74, 6) is -0.419. The molecule has 1 saturated heterocycles. The van der Waals surface area contributed by atoms with Crippen molar-refractivity contribution in [2.45, 2.75) is 26.2 Å². The highest BCUT2D eigenvalue weighted by Gasteiger charge is 2.31. The van der Waals surface area contributed by atoms with E-state index in [9.17, 15) is 14.4 Å². The average molecular weight is 276 g/mol. The van der Waals surface area contributed by atoms with E-state index in [1.54, 1.807) is 24.3 Å². The number of urea groups is 1. The zero-order valence-corrected chi connectivity index (χ0v) is 11.2. The molecule has 2 rings (SSSR count). The fourth-order valence-corrected chi connectivity index (χ4v) is 1.84. The van der Waals surface area contributed by atoms with Gasteiger partial charge in [0, 0.05) is 0 Å². The summed E-state index contributed by atoms with van der Waals surface area (Å²) in [6, 6.07) is 5.92. The van der Waals surface area contributed by atoms with Gasteiger partial charge >= 0.3 is 6.03 Å². The largest absolute Gasteiger partial charge is 0.494 e. The number of nitrogens with one attached hydrogen (secondary N) is 1. The molecule has 6 heteroatoms. The molecule has 0 radical (unpaired) electrons. The Balaban J connectivity index is 2.07. The van der Waals surface area contributed by atoms with E-state index in [0.29, 0.717) is 18.0 Å². The second-order valence-corrected chi connectivity index (χ2v) is 4.46. The SMILES string of the molecule is CCCCOc1ccc(N2C(=O)CC(=O)NC2=O)cc1. The topological polar surface area (TPSA) is 75.7 Å². The minimum Gasteiger partial charge on any atom is -0.494 e. The van der Waals surface area contributed by atoms with Gasteiger partial charge in [-0.1, -0.05) is 13.3 Å². The van der Waals surface area contributed by atoms with Crippen LogP contribution in [0.2, 0.25) is 0 Å². The smallest absolute Gasteiger partial charge is 0.335 e. The highest BCUT2D eigenvalue weighted by atomic mass is 16.5. The molecule has 0 aromatic heterocycles. The molecule has 0 aliphatic carbocycles. The lowest BCUT2D eigenvalue weighted by Gasteiger charge is -2.24. The van der Waals surface area contributed by atoms with Crippen molar-refractivity contribution in [3.8, 4) is 5.75 Å². The lowest BCUT2D eigenvalue weighted by Crippen LogP contribution is -2.52. The molecule has 106 valence electrons. The van der Waals surface area contributed by atoms with Crippen molar-refractivity contribution in [1.82, 2.24) is 5.32 Å². The molecule has 0 unspecified atom stereocenters. The van der Waals surface area contributed by atoms with Crippen LogP contribution < -0.4 is 15.0 Å². The van der Waals surface area contributed by atoms with Crippen LogP contribution in [0.4, 0.5) is 10.5 Å². The van der Waals surface area contributed by atoms with E-state index in [1.165, 1.54) is 0 Å². The Morgan fingerprint density at radius 2 is 1.90 bits per heavy atom. The van der Waals surface area contributed by atoms with Gasteiger partial charge in [0.05, 0.1) is 12.3 Å². The molecule has 0 spiro atoms. The number of benzene rings is 1. The summed E-state index contributed by atoms with van der Waals surface area (Å²) in [5.41, 5.74) is 0.419. The fourth-order valence-electron chi connectivity index (χ4n) is 1.84. The number of anilines is 1. The van der Waals surface area contributed by atoms with Crippen molar-refractivity contribution in [3.05, 3.63) is 24.3 Å². The van der Waals surface area contributed by atoms with Gasteiger partial charge in [-0.3, -0.25) is 14.9 Å². The molecule has 1 aliphatic heterocycles. The fraction of sp³-hybridized carbons (Fsp3) is 0.357. The van der Waals surface area contributed by atoms with Crippen LogP contribution in [-0.2, 0) is 9.59 Å². The van der Waals surface area contributed by atoms with E-state index >= 15 is 0 Å². The highest BCUT2D eigenvalue weighted by Crippen LogP contribution is 2.21. The zero-order valence-electron chi connectivity index (χ0n) is 11.2. The standard InChI is InChI=1S/C14H16N2O4/c1-2-3-8-20-11-6-4-10(5-7-11)16-13(18)9-12(17)15-14(16)19/h4-7H,2-3,8-9H2,1H3,(H,15,17,19). The van der Waals surface area contributed by atoms with Gasteiger partial charge in [0.1, 0.15) is 12.2 Å². The summed E-state index contributed by atoms with van der Waals surface area (Å²) >= 11 is 0. The Hall–Kier alpha value is -2.37. The summed E-state index contributed by atoms with van der Waals surface area (Å²) in [4.78, 5) is 35.4. The molecule has 1 fully saturated rings. The molecule has 4 amide bonds. The van der Waals surface area contributed by atoms with Gasteiger partial charge in [-0.25, -0.2) is 9.69 Å². The van der Waals surface area contributed by atoms with Gasteiger partial charge in [0.25, 0.3) is 0 Å². The number of carbonyl (C=O) groups is 3. The van der Waals surface area contributed by atoms with Crippen molar-refractivity contribution in [3.63, 3.8) is 0 Å². The van der Waals surface area contributed by atoms with E-state index < -0.39 is 17.8 Å². The summed E-state index contributed by atoms with van der Waals surface area (Å²) in [5, 5.41) is 2.11. The Labute approximate surface area is 116 Å². The normalized spacial score (nSPS) is 15.2. The van der Waals surface area contributed by atoms with Gasteiger partial charge in [-0.05, 0) is 30.7 Å². The molecule has 1 aromatic rings. The van der Waals surface area contributed by atoms with E-state index in [-0.39, 0.29) is 6.42 Å². The monoisotopic (exact) mass is 276 g/mol. The highest BCUT2D eigenvalue weighted by molar-refractivity contribution is 6.26. The predicted octanol–water partition coefficient (Wildman–Crippen LogP) is 1.84. The Morgan fingerprint density at radius 3 is 2.50 bits per heavy atom. The summed E-state index contributed by atoms with van der Waals surface area (Å²) in [6.45, 7) is 2.71. The van der Waals surface area contributed by atoms with Crippen molar-refractivity contribution in [2.75, 3.05) is 11.5 Å². The third-order valence-electron chi connectivity index (χ3n) is 2.87. The van der Waals surface area contributed by atoms with Crippen LogP contribution in [0.1, 0.15) is 26.2 Å². The molecule has 1 aliphatic rings. The number of amides is 4. The van der Waals surface area contributed by atoms with Gasteiger partial charge in [0.15, 0.2) is 0 Å². The number of barbiturate groups is 1. The van der Waals surface area contributed by atoms with Crippen molar-refractivity contribution < 1.29 is 19.1 Å². The van der Waals surface area contributed by atoms with Crippen LogP contribution in [0, 0.1) is 0 Å². The van der Waals surface area contributed by atoms with E-state index in [2.05, 4.69) is 12.2 Å². The van der Waals surface area contributed by atoms with Gasteiger partial charge < -0.3 is 4.74 Å². The summed E-state index contributed by atoms with van der Waals surface area (Å²) in [7, 11) is 0. The first-order valence-electron chi connectivity index (χ1n) is 6.51. The van der Waals surface area contributed by atoms with Crippen LogP contribution in [0.5, 0.6) is 5.75 Å². The van der Waals surface area contributed by atoms with Gasteiger partial charge in [-0.15, -0.1) is 0 Å². The first-order valence-corrected chi connectivity index (χ1v) is 6.51. The molecule has 1 aromatic carbocycles. The lowest BCUT2D eigenvalue weighted by molar-refractivity contribution is -0.128. The van der Waals surface area contributed by atoms with Gasteiger partial charge in [0.2, 0.25) is 11.8 Å². The molecule has 0 saturated carbocycles. The zero-order chi connectivity index (χ0) is 14.5. The molecule has 0 atom stereocenters. The summed E-state index contributed by atoms with van der Waals surface area (Å²) < 4.78 is 5.50. The maximum absolute atomic E-state index is 11.7. The Morgan fingerprint density at radius 1 is 1.20 bits per heavy atom. The molecular weight excluding hydrogens is 260 g/mol. The molecule has 0 bridgehead atoms. The Bertz CT molecular complexity index is 504. The molecule has 6 nitrogen and oxygen atoms in total. The number of hydrogen-bond donors (Lipinski definition) is 1. The number of unbranched alkanes of at least 4 members (excludes halogenated alkanes) is 1. The minimum atomic E-state index is -0.717. The van der Waals surface area contributed by atoms with Crippen LogP contribution in [0.15, 0.2) is 24.3 Å². The number of rotatable bonds is 5. The maximum Gasteiger partial charge on any atom is 0.335 e. The number of ether oxygens (including phenoxy) is 1. The van der Waals surface area contributed by atoms with Crippen molar-refractivity contribution >= 4 is 23.5 Å². The molecule has 20 heavy (non-hydrogen) atoms. The second kappa shape index (κ2) is 6.18. The number of carbonyl (C=O) groups excluding carboxylic acids is 3. The maximum atomic E-state index is 11.7. The third-order valence-corrected chi connectivity index (χ3v) is 2.87. The van der Waals surface area contributed by atoms with Crippen LogP contribution in [0.3, 0.4) is 0 Å². The van der Waals surface area contributed by atoms with Crippen LogP contribution in [0.25, 0.3) is 0 Å². The molecule has 1 heterocycles. The van der Waals surface area contributed by atoms with Crippen LogP contribution >= 0.6 is 0 Å².